The molecule has 2 aliphatic rings. The van der Waals surface area contributed by atoms with Crippen molar-refractivity contribution in [3.63, 3.8) is 0 Å². The number of anilines is 2. The molecule has 5 rings (SSSR count). The monoisotopic (exact) mass is 523 g/mol. The molecule has 37 heavy (non-hydrogen) atoms. The molecule has 0 radical (unpaired) electrons. The van der Waals surface area contributed by atoms with Crippen molar-refractivity contribution in [1.29, 1.82) is 0 Å². The minimum Gasteiger partial charge on any atom is -0.480 e. The summed E-state index contributed by atoms with van der Waals surface area (Å²) in [5, 5.41) is 20.8. The van der Waals surface area contributed by atoms with E-state index in [-0.39, 0.29) is 18.4 Å². The summed E-state index contributed by atoms with van der Waals surface area (Å²) in [5.41, 5.74) is 3.17. The molecule has 196 valence electrons. The van der Waals surface area contributed by atoms with E-state index in [4.69, 9.17) is 4.98 Å². The molecule has 3 aromatic rings. The van der Waals surface area contributed by atoms with E-state index in [2.05, 4.69) is 43.0 Å². The van der Waals surface area contributed by atoms with Crippen LogP contribution in [0.4, 0.5) is 11.6 Å². The van der Waals surface area contributed by atoms with Gasteiger partial charge in [0.05, 0.1) is 16.1 Å². The Morgan fingerprint density at radius 3 is 3.05 bits per heavy atom. The summed E-state index contributed by atoms with van der Waals surface area (Å²) >= 11 is 1.45. The molecule has 0 unspecified atom stereocenters. The van der Waals surface area contributed by atoms with Gasteiger partial charge in [-0.3, -0.25) is 4.79 Å². The Kier molecular flexibility index (Phi) is 8.10. The van der Waals surface area contributed by atoms with Crippen molar-refractivity contribution in [3.05, 3.63) is 41.2 Å². The smallest absolute Gasteiger partial charge is 0.328 e. The van der Waals surface area contributed by atoms with E-state index in [9.17, 15) is 14.7 Å². The number of carboxylic acids is 1. The number of likely N-dealkylation sites (tertiary alicyclic amines) is 1. The minimum absolute atomic E-state index is 0.0143. The lowest BCUT2D eigenvalue weighted by atomic mass is 9.96. The van der Waals surface area contributed by atoms with Crippen molar-refractivity contribution in [2.75, 3.05) is 43.4 Å². The number of carbonyl (C=O) groups is 2. The van der Waals surface area contributed by atoms with Gasteiger partial charge < -0.3 is 26.0 Å². The van der Waals surface area contributed by atoms with Gasteiger partial charge in [0.1, 0.15) is 24.0 Å². The number of thiophene rings is 1. The van der Waals surface area contributed by atoms with Gasteiger partial charge in [-0.2, -0.15) is 0 Å². The van der Waals surface area contributed by atoms with Crippen LogP contribution < -0.4 is 16.0 Å². The van der Waals surface area contributed by atoms with E-state index in [0.717, 1.165) is 79.9 Å². The standard InChI is InChI=1S/C26H33N7O3S/c34-25(28-14-21(26(35)36)32-24-22-20(9-13-37-22)29-16-30-24)18-5-2-11-33(15-18)12-3-6-19-8-7-17-4-1-10-27-23(17)31-19/h7-9,13,16,18,21H,1-6,10-12,14-15H2,(H,27,31)(H,28,34)(H,35,36)(H,29,30,32)/t18-,21+/m1/s1. The number of aliphatic carboxylic acids is 1. The van der Waals surface area contributed by atoms with Crippen molar-refractivity contribution in [3.8, 4) is 0 Å². The van der Waals surface area contributed by atoms with Crippen LogP contribution in [0.5, 0.6) is 0 Å². The molecule has 1 amide bonds. The zero-order chi connectivity index (χ0) is 25.6. The number of nitrogens with zero attached hydrogens (tertiary/aromatic N) is 4. The van der Waals surface area contributed by atoms with Crippen LogP contribution in [0.15, 0.2) is 29.9 Å². The predicted octanol–water partition coefficient (Wildman–Crippen LogP) is 2.77. The number of piperidine rings is 1. The van der Waals surface area contributed by atoms with Gasteiger partial charge in [-0.05, 0) is 74.7 Å². The van der Waals surface area contributed by atoms with Gasteiger partial charge in [-0.25, -0.2) is 19.7 Å². The third-order valence-corrected chi connectivity index (χ3v) is 7.98. The Hall–Kier alpha value is -3.31. The first-order valence-electron chi connectivity index (χ1n) is 13.0. The maximum Gasteiger partial charge on any atom is 0.328 e. The summed E-state index contributed by atoms with van der Waals surface area (Å²) in [5.74, 6) is 0.225. The van der Waals surface area contributed by atoms with Gasteiger partial charge in [0, 0.05) is 25.3 Å². The molecule has 4 N–H and O–H groups in total. The molecule has 1 saturated heterocycles. The van der Waals surface area contributed by atoms with E-state index >= 15 is 0 Å². The number of hydrogen-bond acceptors (Lipinski definition) is 9. The lowest BCUT2D eigenvalue weighted by Crippen LogP contribution is -2.47. The Morgan fingerprint density at radius 1 is 1.24 bits per heavy atom. The highest BCUT2D eigenvalue weighted by Gasteiger charge is 2.27. The number of aromatic nitrogens is 3. The molecule has 0 saturated carbocycles. The molecule has 2 aliphatic heterocycles. The molecule has 0 bridgehead atoms. The van der Waals surface area contributed by atoms with Crippen molar-refractivity contribution < 1.29 is 14.7 Å². The van der Waals surface area contributed by atoms with Crippen LogP contribution in [0.2, 0.25) is 0 Å². The maximum absolute atomic E-state index is 12.9. The van der Waals surface area contributed by atoms with E-state index < -0.39 is 12.0 Å². The number of carboxylic acid groups (broad SMARTS) is 1. The molecule has 1 fully saturated rings. The summed E-state index contributed by atoms with van der Waals surface area (Å²) in [6.45, 7) is 3.56. The summed E-state index contributed by atoms with van der Waals surface area (Å²) in [4.78, 5) is 40.3. The Balaban J connectivity index is 1.09. The van der Waals surface area contributed by atoms with Gasteiger partial charge in [0.25, 0.3) is 0 Å². The molecule has 5 heterocycles. The Bertz CT molecular complexity index is 1250. The fourth-order valence-electron chi connectivity index (χ4n) is 5.07. The van der Waals surface area contributed by atoms with E-state index in [1.165, 1.54) is 23.2 Å². The average molecular weight is 524 g/mol. The zero-order valence-corrected chi connectivity index (χ0v) is 21.6. The van der Waals surface area contributed by atoms with E-state index in [1.54, 1.807) is 0 Å². The third kappa shape index (κ3) is 6.34. The Morgan fingerprint density at radius 2 is 2.16 bits per heavy atom. The molecule has 0 aliphatic carbocycles. The fourth-order valence-corrected chi connectivity index (χ4v) is 5.87. The lowest BCUT2D eigenvalue weighted by Gasteiger charge is -2.32. The van der Waals surface area contributed by atoms with Crippen LogP contribution in [0.25, 0.3) is 10.2 Å². The third-order valence-electron chi connectivity index (χ3n) is 7.07. The Labute approximate surface area is 219 Å². The highest BCUT2D eigenvalue weighted by Crippen LogP contribution is 2.25. The molecule has 3 aromatic heterocycles. The quantitative estimate of drug-likeness (QED) is 0.317. The van der Waals surface area contributed by atoms with Gasteiger partial charge in [0.15, 0.2) is 0 Å². The summed E-state index contributed by atoms with van der Waals surface area (Å²) in [6, 6.07) is 5.20. The predicted molar refractivity (Wildman–Crippen MR) is 144 cm³/mol. The fraction of sp³-hybridized carbons (Fsp3) is 0.500. The first kappa shape index (κ1) is 25.3. The summed E-state index contributed by atoms with van der Waals surface area (Å²) in [6.07, 6.45) is 7.32. The van der Waals surface area contributed by atoms with E-state index in [0.29, 0.717) is 12.4 Å². The molecule has 0 spiro atoms. The first-order chi connectivity index (χ1) is 18.1. The number of carbonyl (C=O) groups excluding carboxylic acids is 1. The van der Waals surface area contributed by atoms with Gasteiger partial charge in [-0.15, -0.1) is 11.3 Å². The number of nitrogens with one attached hydrogen (secondary N) is 3. The van der Waals surface area contributed by atoms with Crippen LogP contribution >= 0.6 is 11.3 Å². The number of amides is 1. The SMILES string of the molecule is O=C(NC[C@H](Nc1ncnc2ccsc12)C(=O)O)[C@@H]1CCCN(CCCc2ccc3c(n2)NCCC3)C1. The summed E-state index contributed by atoms with van der Waals surface area (Å²) < 4.78 is 0.796. The van der Waals surface area contributed by atoms with Crippen molar-refractivity contribution in [2.24, 2.45) is 5.92 Å². The average Bonchev–Trinajstić information content (AvgIpc) is 3.41. The van der Waals surface area contributed by atoms with Crippen molar-refractivity contribution >= 4 is 45.1 Å². The highest BCUT2D eigenvalue weighted by atomic mass is 32.1. The van der Waals surface area contributed by atoms with Crippen LogP contribution in [0, 0.1) is 5.92 Å². The number of rotatable bonds is 10. The van der Waals surface area contributed by atoms with Gasteiger partial charge >= 0.3 is 5.97 Å². The number of aryl methyl sites for hydroxylation is 2. The number of pyridine rings is 1. The first-order valence-corrected chi connectivity index (χ1v) is 13.8. The van der Waals surface area contributed by atoms with Crippen LogP contribution in [0.1, 0.15) is 36.9 Å². The maximum atomic E-state index is 12.9. The number of hydrogen-bond donors (Lipinski definition) is 4. The second-order valence-electron chi connectivity index (χ2n) is 9.72. The van der Waals surface area contributed by atoms with Crippen molar-refractivity contribution in [1.82, 2.24) is 25.2 Å². The molecular formula is C26H33N7O3S. The highest BCUT2D eigenvalue weighted by molar-refractivity contribution is 7.17. The van der Waals surface area contributed by atoms with Crippen LogP contribution in [-0.4, -0.2) is 75.6 Å². The second-order valence-corrected chi connectivity index (χ2v) is 10.6. The van der Waals surface area contributed by atoms with Crippen LogP contribution in [-0.2, 0) is 22.4 Å². The summed E-state index contributed by atoms with van der Waals surface area (Å²) in [7, 11) is 0. The van der Waals surface area contributed by atoms with Crippen LogP contribution in [0.3, 0.4) is 0 Å². The minimum atomic E-state index is -1.04. The second kappa shape index (κ2) is 11.8. The molecule has 2 atom stereocenters. The lowest BCUT2D eigenvalue weighted by molar-refractivity contribution is -0.138. The normalized spacial score (nSPS) is 18.5. The van der Waals surface area contributed by atoms with Crippen molar-refractivity contribution in [2.45, 2.75) is 44.6 Å². The largest absolute Gasteiger partial charge is 0.480 e. The molecule has 0 aromatic carbocycles. The van der Waals surface area contributed by atoms with Gasteiger partial charge in [0.2, 0.25) is 5.91 Å². The zero-order valence-electron chi connectivity index (χ0n) is 20.8. The topological polar surface area (TPSA) is 132 Å². The molecule has 10 nitrogen and oxygen atoms in total. The van der Waals surface area contributed by atoms with Gasteiger partial charge in [-0.1, -0.05) is 6.07 Å². The van der Waals surface area contributed by atoms with E-state index in [1.807, 2.05) is 11.4 Å². The molecular weight excluding hydrogens is 490 g/mol. The number of fused-ring (bicyclic) bond motifs is 2. The molecule has 11 heteroatoms.